The third kappa shape index (κ3) is 3.71. The van der Waals surface area contributed by atoms with Crippen LogP contribution in [0.25, 0.3) is 0 Å². The normalized spacial score (nSPS) is 10.1. The molecule has 2 aromatic rings. The van der Waals surface area contributed by atoms with E-state index >= 15 is 0 Å². The maximum absolute atomic E-state index is 13.3. The van der Waals surface area contributed by atoms with E-state index in [0.29, 0.717) is 17.0 Å². The maximum Gasteiger partial charge on any atom is 0.258 e. The van der Waals surface area contributed by atoms with Crippen molar-refractivity contribution in [3.63, 3.8) is 0 Å². The van der Waals surface area contributed by atoms with Gasteiger partial charge in [-0.1, -0.05) is 30.3 Å². The number of carbonyl (C=O) groups excluding carboxylic acids is 1. The monoisotopic (exact) mass is 274 g/mol. The lowest BCUT2D eigenvalue weighted by molar-refractivity contribution is -0.123. The van der Waals surface area contributed by atoms with Crippen LogP contribution in [0.15, 0.2) is 48.5 Å². The zero-order chi connectivity index (χ0) is 14.4. The molecule has 0 radical (unpaired) electrons. The molecule has 0 aliphatic carbocycles. The molecule has 0 spiro atoms. The summed E-state index contributed by atoms with van der Waals surface area (Å²) in [5.41, 5.74) is 6.58. The minimum atomic E-state index is -0.346. The van der Waals surface area contributed by atoms with Crippen LogP contribution in [-0.2, 0) is 11.3 Å². The summed E-state index contributed by atoms with van der Waals surface area (Å²) < 4.78 is 18.6. The van der Waals surface area contributed by atoms with E-state index < -0.39 is 0 Å². The number of nitrogens with two attached hydrogens (primary N) is 1. The van der Waals surface area contributed by atoms with E-state index in [2.05, 4.69) is 5.32 Å². The lowest BCUT2D eigenvalue weighted by atomic mass is 10.2. The summed E-state index contributed by atoms with van der Waals surface area (Å²) in [6, 6.07) is 13.2. The van der Waals surface area contributed by atoms with Crippen molar-refractivity contribution in [2.45, 2.75) is 6.54 Å². The second-order valence-corrected chi connectivity index (χ2v) is 4.19. The molecule has 0 fully saturated rings. The molecule has 104 valence electrons. The Labute approximate surface area is 116 Å². The van der Waals surface area contributed by atoms with Gasteiger partial charge in [-0.2, -0.15) is 0 Å². The molecular formula is C15H15FN2O2. The molecule has 0 aromatic heterocycles. The van der Waals surface area contributed by atoms with Crippen molar-refractivity contribution in [2.24, 2.45) is 0 Å². The van der Waals surface area contributed by atoms with Gasteiger partial charge in [0.25, 0.3) is 5.91 Å². The van der Waals surface area contributed by atoms with Crippen LogP contribution in [0.3, 0.4) is 0 Å². The van der Waals surface area contributed by atoms with E-state index in [1.165, 1.54) is 6.07 Å². The van der Waals surface area contributed by atoms with Gasteiger partial charge in [-0.3, -0.25) is 4.79 Å². The Hall–Kier alpha value is -2.56. The van der Waals surface area contributed by atoms with Crippen molar-refractivity contribution in [3.8, 4) is 5.75 Å². The first kappa shape index (κ1) is 13.9. The van der Waals surface area contributed by atoms with Crippen LogP contribution in [-0.4, -0.2) is 12.5 Å². The summed E-state index contributed by atoms with van der Waals surface area (Å²) in [6.07, 6.45) is 0. The fourth-order valence-electron chi connectivity index (χ4n) is 1.64. The molecule has 0 bridgehead atoms. The van der Waals surface area contributed by atoms with Crippen molar-refractivity contribution in [3.05, 3.63) is 59.9 Å². The summed E-state index contributed by atoms with van der Waals surface area (Å²) in [4.78, 5) is 11.6. The Bertz CT molecular complexity index is 550. The molecule has 5 heteroatoms. The Morgan fingerprint density at radius 2 is 1.85 bits per heavy atom. The van der Waals surface area contributed by atoms with Crippen LogP contribution in [0.1, 0.15) is 5.56 Å². The van der Waals surface area contributed by atoms with Gasteiger partial charge < -0.3 is 15.8 Å². The van der Waals surface area contributed by atoms with E-state index in [0.717, 1.165) is 0 Å². The molecule has 0 aliphatic rings. The molecule has 0 saturated heterocycles. The van der Waals surface area contributed by atoms with Gasteiger partial charge >= 0.3 is 0 Å². The standard InChI is InChI=1S/C15H15FN2O2/c16-12-6-2-1-5-11(12)9-18-15(19)10-20-14-8-4-3-7-13(14)17/h1-8H,9-10,17H2,(H,18,19). The topological polar surface area (TPSA) is 64.3 Å². The maximum atomic E-state index is 13.3. The van der Waals surface area contributed by atoms with Crippen molar-refractivity contribution >= 4 is 11.6 Å². The fraction of sp³-hybridized carbons (Fsp3) is 0.133. The molecular weight excluding hydrogens is 259 g/mol. The average molecular weight is 274 g/mol. The highest BCUT2D eigenvalue weighted by atomic mass is 19.1. The van der Waals surface area contributed by atoms with Crippen LogP contribution in [0.5, 0.6) is 5.75 Å². The summed E-state index contributed by atoms with van der Waals surface area (Å²) in [5.74, 6) is -0.230. The summed E-state index contributed by atoms with van der Waals surface area (Å²) in [6.45, 7) is -0.0399. The first-order valence-electron chi connectivity index (χ1n) is 6.14. The smallest absolute Gasteiger partial charge is 0.258 e. The van der Waals surface area contributed by atoms with Gasteiger partial charge in [0.05, 0.1) is 5.69 Å². The van der Waals surface area contributed by atoms with Gasteiger partial charge in [0, 0.05) is 12.1 Å². The molecule has 4 nitrogen and oxygen atoms in total. The summed E-state index contributed by atoms with van der Waals surface area (Å²) in [7, 11) is 0. The minimum absolute atomic E-state index is 0.124. The molecule has 0 unspecified atom stereocenters. The SMILES string of the molecule is Nc1ccccc1OCC(=O)NCc1ccccc1F. The predicted octanol–water partition coefficient (Wildman–Crippen LogP) is 2.10. The van der Waals surface area contributed by atoms with Crippen molar-refractivity contribution in [1.29, 1.82) is 0 Å². The molecule has 1 amide bonds. The van der Waals surface area contributed by atoms with Crippen molar-refractivity contribution < 1.29 is 13.9 Å². The van der Waals surface area contributed by atoms with Crippen LogP contribution in [0.2, 0.25) is 0 Å². The second kappa shape index (κ2) is 6.56. The number of halogens is 1. The van der Waals surface area contributed by atoms with Gasteiger partial charge in [0.1, 0.15) is 11.6 Å². The van der Waals surface area contributed by atoms with Gasteiger partial charge in [-0.25, -0.2) is 4.39 Å². The fourth-order valence-corrected chi connectivity index (χ4v) is 1.64. The van der Waals surface area contributed by atoms with E-state index in [4.69, 9.17) is 10.5 Å². The minimum Gasteiger partial charge on any atom is -0.482 e. The molecule has 0 atom stereocenters. The van der Waals surface area contributed by atoms with Crippen LogP contribution >= 0.6 is 0 Å². The Morgan fingerprint density at radius 1 is 1.15 bits per heavy atom. The third-order valence-electron chi connectivity index (χ3n) is 2.71. The lowest BCUT2D eigenvalue weighted by Crippen LogP contribution is -2.28. The average Bonchev–Trinajstić information content (AvgIpc) is 2.45. The Kier molecular flexibility index (Phi) is 4.55. The highest BCUT2D eigenvalue weighted by Crippen LogP contribution is 2.19. The number of amides is 1. The number of ether oxygens (including phenoxy) is 1. The van der Waals surface area contributed by atoms with E-state index in [-0.39, 0.29) is 24.9 Å². The quantitative estimate of drug-likeness (QED) is 0.821. The number of anilines is 1. The highest BCUT2D eigenvalue weighted by molar-refractivity contribution is 5.77. The van der Waals surface area contributed by atoms with E-state index in [1.54, 1.807) is 42.5 Å². The van der Waals surface area contributed by atoms with Gasteiger partial charge in [-0.05, 0) is 18.2 Å². The molecule has 0 saturated carbocycles. The summed E-state index contributed by atoms with van der Waals surface area (Å²) >= 11 is 0. The summed E-state index contributed by atoms with van der Waals surface area (Å²) in [5, 5.41) is 2.58. The van der Waals surface area contributed by atoms with E-state index in [9.17, 15) is 9.18 Å². The molecule has 2 aromatic carbocycles. The lowest BCUT2D eigenvalue weighted by Gasteiger charge is -2.09. The molecule has 20 heavy (non-hydrogen) atoms. The number of rotatable bonds is 5. The molecule has 2 rings (SSSR count). The van der Waals surface area contributed by atoms with Crippen molar-refractivity contribution in [1.82, 2.24) is 5.32 Å². The number of nitrogen functional groups attached to an aromatic ring is 1. The molecule has 0 heterocycles. The number of benzene rings is 2. The predicted molar refractivity (Wildman–Crippen MR) is 74.6 cm³/mol. The number of nitrogens with one attached hydrogen (secondary N) is 1. The van der Waals surface area contributed by atoms with Crippen molar-refractivity contribution in [2.75, 3.05) is 12.3 Å². The zero-order valence-corrected chi connectivity index (χ0v) is 10.8. The van der Waals surface area contributed by atoms with Gasteiger partial charge in [0.2, 0.25) is 0 Å². The Morgan fingerprint density at radius 3 is 2.60 bits per heavy atom. The number of hydrogen-bond donors (Lipinski definition) is 2. The largest absolute Gasteiger partial charge is 0.482 e. The van der Waals surface area contributed by atoms with Crippen LogP contribution in [0, 0.1) is 5.82 Å². The first-order chi connectivity index (χ1) is 9.66. The number of para-hydroxylation sites is 2. The molecule has 0 aliphatic heterocycles. The van der Waals surface area contributed by atoms with Gasteiger partial charge in [-0.15, -0.1) is 0 Å². The third-order valence-corrected chi connectivity index (χ3v) is 2.71. The highest BCUT2D eigenvalue weighted by Gasteiger charge is 2.06. The first-order valence-corrected chi connectivity index (χ1v) is 6.14. The number of hydrogen-bond acceptors (Lipinski definition) is 3. The van der Waals surface area contributed by atoms with Crippen LogP contribution < -0.4 is 15.8 Å². The van der Waals surface area contributed by atoms with Crippen LogP contribution in [0.4, 0.5) is 10.1 Å². The van der Waals surface area contributed by atoms with Gasteiger partial charge in [0.15, 0.2) is 6.61 Å². The molecule has 3 N–H and O–H groups in total. The number of carbonyl (C=O) groups is 1. The van der Waals surface area contributed by atoms with E-state index in [1.807, 2.05) is 0 Å². The second-order valence-electron chi connectivity index (χ2n) is 4.19. The zero-order valence-electron chi connectivity index (χ0n) is 10.8. The Balaban J connectivity index is 1.82.